The first-order chi connectivity index (χ1) is 8.04. The van der Waals surface area contributed by atoms with Gasteiger partial charge in [-0.15, -0.1) is 0 Å². The Hall–Kier alpha value is -1.75. The Balaban J connectivity index is 2.40. The maximum atomic E-state index is 6.05. The van der Waals surface area contributed by atoms with Crippen molar-refractivity contribution in [2.75, 3.05) is 0 Å². The van der Waals surface area contributed by atoms with Gasteiger partial charge in [-0.2, -0.15) is 4.98 Å². The lowest BCUT2D eigenvalue weighted by atomic mass is 10.0. The molecule has 2 aromatic heterocycles. The van der Waals surface area contributed by atoms with E-state index in [0.717, 1.165) is 17.5 Å². The van der Waals surface area contributed by atoms with Crippen molar-refractivity contribution in [2.24, 2.45) is 5.73 Å². The zero-order valence-corrected chi connectivity index (χ0v) is 10.3. The van der Waals surface area contributed by atoms with E-state index in [4.69, 9.17) is 10.3 Å². The van der Waals surface area contributed by atoms with Gasteiger partial charge < -0.3 is 10.3 Å². The van der Waals surface area contributed by atoms with E-state index in [0.29, 0.717) is 11.7 Å². The Bertz CT molecular complexity index is 519. The minimum absolute atomic E-state index is 0.457. The lowest BCUT2D eigenvalue weighted by molar-refractivity contribution is 0.291. The predicted molar refractivity (Wildman–Crippen MR) is 64.1 cm³/mol. The molecule has 2 rings (SSSR count). The third kappa shape index (κ3) is 2.19. The normalized spacial score (nSPS) is 14.6. The zero-order chi connectivity index (χ0) is 12.5. The summed E-state index contributed by atoms with van der Waals surface area (Å²) in [6.45, 7) is 5.84. The second kappa shape index (κ2) is 4.25. The van der Waals surface area contributed by atoms with Gasteiger partial charge in [0, 0.05) is 18.0 Å². The largest absolute Gasteiger partial charge is 0.337 e. The van der Waals surface area contributed by atoms with E-state index in [1.54, 1.807) is 12.4 Å². The van der Waals surface area contributed by atoms with Crippen LogP contribution in [0.2, 0.25) is 0 Å². The Morgan fingerprint density at radius 1 is 1.47 bits per heavy atom. The van der Waals surface area contributed by atoms with Crippen molar-refractivity contribution in [1.82, 2.24) is 15.1 Å². The third-order valence-corrected chi connectivity index (χ3v) is 2.93. The quantitative estimate of drug-likeness (QED) is 0.876. The lowest BCUT2D eigenvalue weighted by Crippen LogP contribution is -2.32. The fourth-order valence-corrected chi connectivity index (χ4v) is 1.41. The molecule has 5 heteroatoms. The highest BCUT2D eigenvalue weighted by Crippen LogP contribution is 2.24. The Kier molecular flexibility index (Phi) is 2.93. The monoisotopic (exact) mass is 232 g/mol. The van der Waals surface area contributed by atoms with Crippen molar-refractivity contribution in [3.8, 4) is 11.4 Å². The lowest BCUT2D eigenvalue weighted by Gasteiger charge is -2.16. The van der Waals surface area contributed by atoms with Crippen molar-refractivity contribution in [1.29, 1.82) is 0 Å². The first-order valence-corrected chi connectivity index (χ1v) is 5.58. The standard InChI is InChI=1S/C12H16N4O/c1-4-12(3,13)11-15-10(16-17-11)9-7-14-6-5-8(9)2/h5-7H,4,13H2,1-3H3. The Morgan fingerprint density at radius 3 is 2.88 bits per heavy atom. The van der Waals surface area contributed by atoms with Crippen molar-refractivity contribution in [3.05, 3.63) is 29.9 Å². The van der Waals surface area contributed by atoms with Crippen molar-refractivity contribution < 1.29 is 4.52 Å². The van der Waals surface area contributed by atoms with Gasteiger partial charge in [-0.25, -0.2) is 0 Å². The van der Waals surface area contributed by atoms with Gasteiger partial charge in [0.1, 0.15) is 0 Å². The number of pyridine rings is 1. The Morgan fingerprint density at radius 2 is 2.24 bits per heavy atom. The van der Waals surface area contributed by atoms with Gasteiger partial charge in [0.05, 0.1) is 5.54 Å². The van der Waals surface area contributed by atoms with Gasteiger partial charge in [0.2, 0.25) is 11.7 Å². The van der Waals surface area contributed by atoms with Gasteiger partial charge in [-0.3, -0.25) is 4.98 Å². The maximum absolute atomic E-state index is 6.05. The predicted octanol–water partition coefficient (Wildman–Crippen LogP) is 2.02. The first kappa shape index (κ1) is 11.7. The molecule has 0 saturated carbocycles. The van der Waals surface area contributed by atoms with E-state index in [1.807, 2.05) is 26.8 Å². The maximum Gasteiger partial charge on any atom is 0.246 e. The van der Waals surface area contributed by atoms with Gasteiger partial charge in [0.15, 0.2) is 0 Å². The van der Waals surface area contributed by atoms with Crippen LogP contribution in [-0.4, -0.2) is 15.1 Å². The minimum Gasteiger partial charge on any atom is -0.337 e. The number of nitrogens with two attached hydrogens (primary N) is 1. The number of hydrogen-bond acceptors (Lipinski definition) is 5. The van der Waals surface area contributed by atoms with Crippen LogP contribution in [0.3, 0.4) is 0 Å². The highest BCUT2D eigenvalue weighted by molar-refractivity contribution is 5.57. The summed E-state index contributed by atoms with van der Waals surface area (Å²) in [5.41, 5.74) is 7.40. The van der Waals surface area contributed by atoms with E-state index in [2.05, 4.69) is 15.1 Å². The van der Waals surface area contributed by atoms with Crippen molar-refractivity contribution in [3.63, 3.8) is 0 Å². The molecular formula is C12H16N4O. The summed E-state index contributed by atoms with van der Waals surface area (Å²) in [4.78, 5) is 8.40. The van der Waals surface area contributed by atoms with Crippen molar-refractivity contribution in [2.45, 2.75) is 32.7 Å². The summed E-state index contributed by atoms with van der Waals surface area (Å²) < 4.78 is 5.22. The highest BCUT2D eigenvalue weighted by atomic mass is 16.5. The first-order valence-electron chi connectivity index (χ1n) is 5.58. The van der Waals surface area contributed by atoms with E-state index < -0.39 is 5.54 Å². The van der Waals surface area contributed by atoms with Gasteiger partial charge in [-0.05, 0) is 31.9 Å². The van der Waals surface area contributed by atoms with Crippen molar-refractivity contribution >= 4 is 0 Å². The summed E-state index contributed by atoms with van der Waals surface area (Å²) in [5.74, 6) is 0.994. The SMILES string of the molecule is CCC(C)(N)c1nc(-c2cnccc2C)no1. The van der Waals surface area contributed by atoms with E-state index >= 15 is 0 Å². The van der Waals surface area contributed by atoms with Crippen LogP contribution in [0.25, 0.3) is 11.4 Å². The van der Waals surface area contributed by atoms with Crippen LogP contribution in [0.1, 0.15) is 31.7 Å². The molecule has 0 aromatic carbocycles. The van der Waals surface area contributed by atoms with Crippen LogP contribution in [0.4, 0.5) is 0 Å². The van der Waals surface area contributed by atoms with Gasteiger partial charge in [-0.1, -0.05) is 12.1 Å². The molecule has 0 aliphatic carbocycles. The number of hydrogen-bond donors (Lipinski definition) is 1. The molecule has 17 heavy (non-hydrogen) atoms. The molecule has 0 aliphatic rings. The molecule has 1 atom stereocenters. The summed E-state index contributed by atoms with van der Waals surface area (Å²) in [6.07, 6.45) is 4.20. The molecule has 0 aliphatic heterocycles. The molecular weight excluding hydrogens is 216 g/mol. The summed E-state index contributed by atoms with van der Waals surface area (Å²) in [7, 11) is 0. The summed E-state index contributed by atoms with van der Waals surface area (Å²) in [5, 5.41) is 3.96. The molecule has 2 heterocycles. The van der Waals surface area contributed by atoms with Crippen LogP contribution in [0.5, 0.6) is 0 Å². The molecule has 0 bridgehead atoms. The van der Waals surface area contributed by atoms with E-state index in [9.17, 15) is 0 Å². The molecule has 90 valence electrons. The zero-order valence-electron chi connectivity index (χ0n) is 10.3. The summed E-state index contributed by atoms with van der Waals surface area (Å²) in [6, 6.07) is 1.91. The van der Waals surface area contributed by atoms with Crippen LogP contribution in [0, 0.1) is 6.92 Å². The second-order valence-electron chi connectivity index (χ2n) is 4.38. The molecule has 1 unspecified atom stereocenters. The van der Waals surface area contributed by atoms with Crippen LogP contribution in [-0.2, 0) is 5.54 Å². The van der Waals surface area contributed by atoms with Crippen LogP contribution in [0.15, 0.2) is 23.0 Å². The molecule has 0 spiro atoms. The molecule has 5 nitrogen and oxygen atoms in total. The van der Waals surface area contributed by atoms with Crippen LogP contribution >= 0.6 is 0 Å². The number of aryl methyl sites for hydroxylation is 1. The smallest absolute Gasteiger partial charge is 0.246 e. The topological polar surface area (TPSA) is 77.8 Å². The van der Waals surface area contributed by atoms with E-state index in [1.165, 1.54) is 0 Å². The fourth-order valence-electron chi connectivity index (χ4n) is 1.41. The Labute approximate surface area is 100 Å². The summed E-state index contributed by atoms with van der Waals surface area (Å²) >= 11 is 0. The number of aromatic nitrogens is 3. The average Bonchev–Trinajstić information content (AvgIpc) is 2.79. The van der Waals surface area contributed by atoms with E-state index in [-0.39, 0.29) is 0 Å². The van der Waals surface area contributed by atoms with Gasteiger partial charge >= 0.3 is 0 Å². The molecule has 0 fully saturated rings. The van der Waals surface area contributed by atoms with Crippen LogP contribution < -0.4 is 5.73 Å². The molecule has 0 radical (unpaired) electrons. The second-order valence-corrected chi connectivity index (χ2v) is 4.38. The number of rotatable bonds is 3. The average molecular weight is 232 g/mol. The molecule has 0 amide bonds. The molecule has 2 N–H and O–H groups in total. The number of nitrogens with zero attached hydrogens (tertiary/aromatic N) is 3. The highest BCUT2D eigenvalue weighted by Gasteiger charge is 2.26. The molecule has 2 aromatic rings. The van der Waals surface area contributed by atoms with Gasteiger partial charge in [0.25, 0.3) is 0 Å². The third-order valence-electron chi connectivity index (χ3n) is 2.93. The fraction of sp³-hybridized carbons (Fsp3) is 0.417. The minimum atomic E-state index is -0.582. The molecule has 0 saturated heterocycles.